The van der Waals surface area contributed by atoms with E-state index in [-0.39, 0.29) is 5.69 Å². The molecule has 5 heteroatoms. The smallest absolute Gasteiger partial charge is 0.293 e. The molecule has 0 aliphatic rings. The fourth-order valence-electron chi connectivity index (χ4n) is 2.14. The Morgan fingerprint density at radius 3 is 2.33 bits per heavy atom. The molecule has 0 heterocycles. The molecule has 2 rings (SSSR count). The van der Waals surface area contributed by atoms with E-state index in [1.54, 1.807) is 31.0 Å². The predicted octanol–water partition coefficient (Wildman–Crippen LogP) is 3.72. The summed E-state index contributed by atoms with van der Waals surface area (Å²) in [6, 6.07) is 12.6. The molecule has 0 fully saturated rings. The number of aryl methyl sites for hydroxylation is 1. The Labute approximate surface area is 123 Å². The van der Waals surface area contributed by atoms with Crippen LogP contribution < -0.4 is 4.90 Å². The summed E-state index contributed by atoms with van der Waals surface area (Å²) in [5.74, 6) is 0. The first-order chi connectivity index (χ1) is 9.90. The molecule has 0 aromatic heterocycles. The van der Waals surface area contributed by atoms with Gasteiger partial charge in [0.25, 0.3) is 5.69 Å². The van der Waals surface area contributed by atoms with Crippen molar-refractivity contribution in [2.24, 2.45) is 0 Å². The SMILES string of the molecule is Cc1ccc(N(C)c2ccc([C@H](C)O)cc2[N+](=O)[O-])cc1. The summed E-state index contributed by atoms with van der Waals surface area (Å²) in [5.41, 5.74) is 3.01. The van der Waals surface area contributed by atoms with E-state index in [2.05, 4.69) is 0 Å². The normalized spacial score (nSPS) is 12.0. The van der Waals surface area contributed by atoms with Gasteiger partial charge in [0.05, 0.1) is 11.0 Å². The minimum Gasteiger partial charge on any atom is -0.389 e. The molecule has 110 valence electrons. The van der Waals surface area contributed by atoms with Gasteiger partial charge in [-0.05, 0) is 37.6 Å². The zero-order valence-electron chi connectivity index (χ0n) is 12.3. The third kappa shape index (κ3) is 3.20. The molecule has 2 aromatic carbocycles. The molecule has 0 unspecified atom stereocenters. The summed E-state index contributed by atoms with van der Waals surface area (Å²) in [4.78, 5) is 12.6. The van der Waals surface area contributed by atoms with Crippen LogP contribution in [0.3, 0.4) is 0 Å². The summed E-state index contributed by atoms with van der Waals surface area (Å²) < 4.78 is 0. The average Bonchev–Trinajstić information content (AvgIpc) is 2.46. The maximum Gasteiger partial charge on any atom is 0.293 e. The van der Waals surface area contributed by atoms with Gasteiger partial charge in [0, 0.05) is 18.8 Å². The molecule has 5 nitrogen and oxygen atoms in total. The fraction of sp³-hybridized carbons (Fsp3) is 0.250. The Balaban J connectivity index is 2.47. The van der Waals surface area contributed by atoms with E-state index in [9.17, 15) is 15.2 Å². The maximum atomic E-state index is 11.3. The van der Waals surface area contributed by atoms with Crippen LogP contribution in [-0.2, 0) is 0 Å². The van der Waals surface area contributed by atoms with Gasteiger partial charge in [-0.25, -0.2) is 0 Å². The van der Waals surface area contributed by atoms with Gasteiger partial charge in [-0.3, -0.25) is 10.1 Å². The summed E-state index contributed by atoms with van der Waals surface area (Å²) in [6.07, 6.45) is -0.734. The predicted molar refractivity (Wildman–Crippen MR) is 83.0 cm³/mol. The van der Waals surface area contributed by atoms with Crippen molar-refractivity contribution in [3.8, 4) is 0 Å². The van der Waals surface area contributed by atoms with E-state index in [0.717, 1.165) is 11.3 Å². The number of nitro benzene ring substituents is 1. The van der Waals surface area contributed by atoms with Crippen molar-refractivity contribution >= 4 is 17.1 Å². The highest BCUT2D eigenvalue weighted by Crippen LogP contribution is 2.34. The summed E-state index contributed by atoms with van der Waals surface area (Å²) in [7, 11) is 1.79. The van der Waals surface area contributed by atoms with E-state index in [1.165, 1.54) is 6.07 Å². The molecule has 0 bridgehead atoms. The number of benzene rings is 2. The van der Waals surface area contributed by atoms with Gasteiger partial charge in [-0.2, -0.15) is 0 Å². The van der Waals surface area contributed by atoms with Gasteiger partial charge >= 0.3 is 0 Å². The molecule has 0 spiro atoms. The highest BCUT2D eigenvalue weighted by Gasteiger charge is 2.20. The van der Waals surface area contributed by atoms with Crippen LogP contribution in [0, 0.1) is 17.0 Å². The highest BCUT2D eigenvalue weighted by molar-refractivity contribution is 5.72. The molecule has 1 N–H and O–H groups in total. The molecular weight excluding hydrogens is 268 g/mol. The van der Waals surface area contributed by atoms with Crippen LogP contribution in [0.25, 0.3) is 0 Å². The molecule has 0 aliphatic carbocycles. The zero-order chi connectivity index (χ0) is 15.6. The fourth-order valence-corrected chi connectivity index (χ4v) is 2.14. The Morgan fingerprint density at radius 1 is 1.19 bits per heavy atom. The lowest BCUT2D eigenvalue weighted by Gasteiger charge is -2.20. The van der Waals surface area contributed by atoms with Crippen molar-refractivity contribution in [2.75, 3.05) is 11.9 Å². The van der Waals surface area contributed by atoms with Gasteiger partial charge in [-0.1, -0.05) is 23.8 Å². The summed E-state index contributed by atoms with van der Waals surface area (Å²) in [5, 5.41) is 20.9. The molecule has 1 atom stereocenters. The lowest BCUT2D eigenvalue weighted by molar-refractivity contribution is -0.384. The Bertz CT molecular complexity index is 651. The first-order valence-electron chi connectivity index (χ1n) is 6.67. The topological polar surface area (TPSA) is 66.6 Å². The molecule has 0 amide bonds. The van der Waals surface area contributed by atoms with Crippen molar-refractivity contribution in [3.05, 3.63) is 63.7 Å². The number of nitrogens with zero attached hydrogens (tertiary/aromatic N) is 2. The van der Waals surface area contributed by atoms with Crippen molar-refractivity contribution in [2.45, 2.75) is 20.0 Å². The second kappa shape index (κ2) is 5.93. The minimum atomic E-state index is -0.734. The third-order valence-corrected chi connectivity index (χ3v) is 3.46. The van der Waals surface area contributed by atoms with Crippen molar-refractivity contribution in [3.63, 3.8) is 0 Å². The standard InChI is InChI=1S/C16H18N2O3/c1-11-4-7-14(8-5-11)17(3)15-9-6-13(12(2)19)10-16(15)18(20)21/h4-10,12,19H,1-3H3/t12-/m0/s1. The second-order valence-electron chi connectivity index (χ2n) is 5.08. The first kappa shape index (κ1) is 15.0. The van der Waals surface area contributed by atoms with E-state index in [0.29, 0.717) is 11.3 Å². The van der Waals surface area contributed by atoms with Gasteiger partial charge in [0.2, 0.25) is 0 Å². The van der Waals surface area contributed by atoms with Crippen LogP contribution in [-0.4, -0.2) is 17.1 Å². The van der Waals surface area contributed by atoms with Gasteiger partial charge in [0.15, 0.2) is 0 Å². The largest absolute Gasteiger partial charge is 0.389 e. The second-order valence-corrected chi connectivity index (χ2v) is 5.08. The van der Waals surface area contributed by atoms with E-state index in [4.69, 9.17) is 0 Å². The van der Waals surface area contributed by atoms with Crippen LogP contribution in [0.4, 0.5) is 17.1 Å². The Hall–Kier alpha value is -2.40. The van der Waals surface area contributed by atoms with Gasteiger partial charge in [-0.15, -0.1) is 0 Å². The van der Waals surface area contributed by atoms with Crippen LogP contribution in [0.1, 0.15) is 24.2 Å². The molecule has 0 radical (unpaired) electrons. The van der Waals surface area contributed by atoms with E-state index in [1.807, 2.05) is 31.2 Å². The first-order valence-corrected chi connectivity index (χ1v) is 6.67. The Kier molecular flexibility index (Phi) is 4.23. The van der Waals surface area contributed by atoms with Gasteiger partial charge in [0.1, 0.15) is 5.69 Å². The third-order valence-electron chi connectivity index (χ3n) is 3.46. The lowest BCUT2D eigenvalue weighted by Crippen LogP contribution is -2.12. The van der Waals surface area contributed by atoms with E-state index < -0.39 is 11.0 Å². The number of hydrogen-bond acceptors (Lipinski definition) is 4. The molecule has 0 saturated heterocycles. The van der Waals surface area contributed by atoms with Crippen LogP contribution in [0.2, 0.25) is 0 Å². The van der Waals surface area contributed by atoms with E-state index >= 15 is 0 Å². The number of rotatable bonds is 4. The number of anilines is 2. The molecule has 0 saturated carbocycles. The maximum absolute atomic E-state index is 11.3. The monoisotopic (exact) mass is 286 g/mol. The molecule has 2 aromatic rings. The minimum absolute atomic E-state index is 0.0172. The number of nitro groups is 1. The van der Waals surface area contributed by atoms with Crippen molar-refractivity contribution < 1.29 is 10.0 Å². The van der Waals surface area contributed by atoms with Crippen LogP contribution in [0.15, 0.2) is 42.5 Å². The average molecular weight is 286 g/mol. The lowest BCUT2D eigenvalue weighted by atomic mass is 10.1. The highest BCUT2D eigenvalue weighted by atomic mass is 16.6. The van der Waals surface area contributed by atoms with Gasteiger partial charge < -0.3 is 10.0 Å². The van der Waals surface area contributed by atoms with Crippen LogP contribution >= 0.6 is 0 Å². The Morgan fingerprint density at radius 2 is 1.81 bits per heavy atom. The number of aliphatic hydroxyl groups excluding tert-OH is 1. The molecule has 0 aliphatic heterocycles. The molecule has 21 heavy (non-hydrogen) atoms. The zero-order valence-corrected chi connectivity index (χ0v) is 12.3. The van der Waals surface area contributed by atoms with Crippen molar-refractivity contribution in [1.29, 1.82) is 0 Å². The quantitative estimate of drug-likeness (QED) is 0.687. The van der Waals surface area contributed by atoms with Crippen molar-refractivity contribution in [1.82, 2.24) is 0 Å². The summed E-state index contributed by atoms with van der Waals surface area (Å²) >= 11 is 0. The molecular formula is C16H18N2O3. The number of aliphatic hydroxyl groups is 1. The number of hydrogen-bond donors (Lipinski definition) is 1. The summed E-state index contributed by atoms with van der Waals surface area (Å²) in [6.45, 7) is 3.58. The van der Waals surface area contributed by atoms with Crippen LogP contribution in [0.5, 0.6) is 0 Å².